The minimum absolute atomic E-state index is 0.0983. The van der Waals surface area contributed by atoms with Crippen LogP contribution in [0.5, 0.6) is 0 Å². The fourth-order valence-corrected chi connectivity index (χ4v) is 2.83. The minimum Gasteiger partial charge on any atom is -0.360 e. The number of nitrogens with one attached hydrogen (secondary N) is 1. The van der Waals surface area contributed by atoms with Crippen molar-refractivity contribution in [1.82, 2.24) is 4.98 Å². The van der Waals surface area contributed by atoms with Crippen molar-refractivity contribution < 1.29 is 4.79 Å². The number of para-hydroxylation sites is 1. The van der Waals surface area contributed by atoms with Crippen molar-refractivity contribution in [2.75, 3.05) is 0 Å². The number of aromatic amines is 1. The van der Waals surface area contributed by atoms with E-state index in [0.717, 1.165) is 27.6 Å². The first-order valence-corrected chi connectivity index (χ1v) is 6.35. The van der Waals surface area contributed by atoms with E-state index in [1.165, 1.54) is 0 Å². The van der Waals surface area contributed by atoms with Gasteiger partial charge in [-0.05, 0) is 23.9 Å². The lowest BCUT2D eigenvalue weighted by molar-refractivity contribution is 0.104. The molecule has 0 unspecified atom stereocenters. The molecule has 0 radical (unpaired) electrons. The standard InChI is InChI=1S/C14H11NOS/c1-9-7-17-8-12(9)14(16)11-6-15-13-5-3-2-4-10(11)13/h2-8,15H,1H3. The molecule has 3 heteroatoms. The molecule has 2 nitrogen and oxygen atoms in total. The summed E-state index contributed by atoms with van der Waals surface area (Å²) in [6.45, 7) is 1.97. The van der Waals surface area contributed by atoms with Crippen LogP contribution in [-0.4, -0.2) is 10.8 Å². The molecule has 0 atom stereocenters. The molecule has 0 aliphatic heterocycles. The molecule has 1 N–H and O–H groups in total. The fraction of sp³-hybridized carbons (Fsp3) is 0.0714. The van der Waals surface area contributed by atoms with Gasteiger partial charge in [0.15, 0.2) is 5.78 Å². The molecule has 0 aliphatic rings. The molecule has 84 valence electrons. The van der Waals surface area contributed by atoms with E-state index >= 15 is 0 Å². The Morgan fingerprint density at radius 1 is 1.18 bits per heavy atom. The molecule has 2 aromatic heterocycles. The maximum atomic E-state index is 12.4. The highest BCUT2D eigenvalue weighted by Gasteiger charge is 2.16. The van der Waals surface area contributed by atoms with Crippen LogP contribution in [0.15, 0.2) is 41.2 Å². The molecule has 17 heavy (non-hydrogen) atoms. The third-order valence-electron chi connectivity index (χ3n) is 2.93. The lowest BCUT2D eigenvalue weighted by Gasteiger charge is -1.98. The molecule has 0 aliphatic carbocycles. The van der Waals surface area contributed by atoms with Crippen LogP contribution in [0.3, 0.4) is 0 Å². The minimum atomic E-state index is 0.0983. The summed E-state index contributed by atoms with van der Waals surface area (Å²) in [5.74, 6) is 0.0983. The number of aromatic nitrogens is 1. The van der Waals surface area contributed by atoms with Gasteiger partial charge < -0.3 is 4.98 Å². The summed E-state index contributed by atoms with van der Waals surface area (Å²) < 4.78 is 0. The Morgan fingerprint density at radius 3 is 2.76 bits per heavy atom. The van der Waals surface area contributed by atoms with Crippen LogP contribution in [-0.2, 0) is 0 Å². The number of carbonyl (C=O) groups excluding carboxylic acids is 1. The summed E-state index contributed by atoms with van der Waals surface area (Å²) in [5.41, 5.74) is 3.61. The number of hydrogen-bond donors (Lipinski definition) is 1. The Balaban J connectivity index is 2.17. The first-order valence-electron chi connectivity index (χ1n) is 5.41. The molecule has 0 bridgehead atoms. The van der Waals surface area contributed by atoms with Crippen LogP contribution in [0.1, 0.15) is 21.5 Å². The molecule has 3 aromatic rings. The molecular weight excluding hydrogens is 230 g/mol. The first-order chi connectivity index (χ1) is 8.27. The Bertz CT molecular complexity index is 693. The van der Waals surface area contributed by atoms with Crippen LogP contribution in [0.2, 0.25) is 0 Å². The zero-order valence-corrected chi connectivity index (χ0v) is 10.2. The second kappa shape index (κ2) is 3.86. The van der Waals surface area contributed by atoms with Crippen molar-refractivity contribution in [3.05, 3.63) is 57.9 Å². The van der Waals surface area contributed by atoms with Gasteiger partial charge in [0.2, 0.25) is 0 Å². The summed E-state index contributed by atoms with van der Waals surface area (Å²) in [4.78, 5) is 15.5. The van der Waals surface area contributed by atoms with E-state index in [1.807, 2.05) is 41.9 Å². The molecule has 1 aromatic carbocycles. The predicted molar refractivity (Wildman–Crippen MR) is 70.8 cm³/mol. The van der Waals surface area contributed by atoms with Gasteiger partial charge in [0, 0.05) is 33.6 Å². The number of hydrogen-bond acceptors (Lipinski definition) is 2. The summed E-state index contributed by atoms with van der Waals surface area (Å²) in [5, 5.41) is 4.91. The van der Waals surface area contributed by atoms with Gasteiger partial charge in [-0.25, -0.2) is 0 Å². The van der Waals surface area contributed by atoms with Crippen LogP contribution < -0.4 is 0 Å². The topological polar surface area (TPSA) is 32.9 Å². The largest absolute Gasteiger partial charge is 0.360 e. The Labute approximate surface area is 103 Å². The Hall–Kier alpha value is -1.87. The second-order valence-electron chi connectivity index (χ2n) is 4.05. The smallest absolute Gasteiger partial charge is 0.196 e. The van der Waals surface area contributed by atoms with Gasteiger partial charge in [-0.15, -0.1) is 0 Å². The number of fused-ring (bicyclic) bond motifs is 1. The first kappa shape index (κ1) is 10.3. The van der Waals surface area contributed by atoms with Crippen LogP contribution in [0.4, 0.5) is 0 Å². The quantitative estimate of drug-likeness (QED) is 0.681. The van der Waals surface area contributed by atoms with Gasteiger partial charge in [0.05, 0.1) is 0 Å². The van der Waals surface area contributed by atoms with E-state index < -0.39 is 0 Å². The molecule has 0 spiro atoms. The molecule has 0 fully saturated rings. The maximum absolute atomic E-state index is 12.4. The highest BCUT2D eigenvalue weighted by atomic mass is 32.1. The lowest BCUT2D eigenvalue weighted by Crippen LogP contribution is -2.00. The van der Waals surface area contributed by atoms with Crippen molar-refractivity contribution in [3.8, 4) is 0 Å². The summed E-state index contributed by atoms with van der Waals surface area (Å²) in [6.07, 6.45) is 1.80. The van der Waals surface area contributed by atoms with E-state index in [0.29, 0.717) is 0 Å². The molecule has 3 rings (SSSR count). The number of H-pyrrole nitrogens is 1. The van der Waals surface area contributed by atoms with Crippen molar-refractivity contribution in [2.24, 2.45) is 0 Å². The van der Waals surface area contributed by atoms with Gasteiger partial charge in [-0.2, -0.15) is 11.3 Å². The van der Waals surface area contributed by atoms with Crippen LogP contribution in [0.25, 0.3) is 10.9 Å². The van der Waals surface area contributed by atoms with E-state index in [2.05, 4.69) is 4.98 Å². The summed E-state index contributed by atoms with van der Waals surface area (Å²) in [7, 11) is 0. The van der Waals surface area contributed by atoms with E-state index in [-0.39, 0.29) is 5.78 Å². The number of benzene rings is 1. The highest BCUT2D eigenvalue weighted by molar-refractivity contribution is 7.08. The second-order valence-corrected chi connectivity index (χ2v) is 4.79. The van der Waals surface area contributed by atoms with Crippen molar-refractivity contribution in [3.63, 3.8) is 0 Å². The molecule has 2 heterocycles. The van der Waals surface area contributed by atoms with Crippen molar-refractivity contribution >= 4 is 28.0 Å². The average molecular weight is 241 g/mol. The number of thiophene rings is 1. The zero-order valence-electron chi connectivity index (χ0n) is 9.36. The Morgan fingerprint density at radius 2 is 2.00 bits per heavy atom. The highest BCUT2D eigenvalue weighted by Crippen LogP contribution is 2.23. The summed E-state index contributed by atoms with van der Waals surface area (Å²) in [6, 6.07) is 7.86. The molecule has 0 saturated heterocycles. The van der Waals surface area contributed by atoms with Gasteiger partial charge in [0.1, 0.15) is 0 Å². The number of ketones is 1. The third kappa shape index (κ3) is 1.59. The predicted octanol–water partition coefficient (Wildman–Crippen LogP) is 3.77. The van der Waals surface area contributed by atoms with Gasteiger partial charge in [-0.1, -0.05) is 18.2 Å². The summed E-state index contributed by atoms with van der Waals surface area (Å²) >= 11 is 1.57. The monoisotopic (exact) mass is 241 g/mol. The van der Waals surface area contributed by atoms with E-state index in [9.17, 15) is 4.79 Å². The molecular formula is C14H11NOS. The zero-order chi connectivity index (χ0) is 11.8. The van der Waals surface area contributed by atoms with Crippen LogP contribution in [0, 0.1) is 6.92 Å². The van der Waals surface area contributed by atoms with Gasteiger partial charge >= 0.3 is 0 Å². The maximum Gasteiger partial charge on any atom is 0.196 e. The van der Waals surface area contributed by atoms with Gasteiger partial charge in [-0.3, -0.25) is 4.79 Å². The lowest BCUT2D eigenvalue weighted by atomic mass is 10.0. The number of aryl methyl sites for hydroxylation is 1. The molecule has 0 amide bonds. The number of carbonyl (C=O) groups is 1. The fourth-order valence-electron chi connectivity index (χ4n) is 2.00. The SMILES string of the molecule is Cc1cscc1C(=O)c1c[nH]c2ccccc12. The van der Waals surface area contributed by atoms with Crippen molar-refractivity contribution in [2.45, 2.75) is 6.92 Å². The van der Waals surface area contributed by atoms with E-state index in [4.69, 9.17) is 0 Å². The third-order valence-corrected chi connectivity index (χ3v) is 3.80. The Kier molecular flexibility index (Phi) is 2.34. The molecule has 0 saturated carbocycles. The normalized spacial score (nSPS) is 10.9. The average Bonchev–Trinajstić information content (AvgIpc) is 2.94. The number of rotatable bonds is 2. The van der Waals surface area contributed by atoms with Crippen molar-refractivity contribution in [1.29, 1.82) is 0 Å². The van der Waals surface area contributed by atoms with E-state index in [1.54, 1.807) is 17.5 Å². The van der Waals surface area contributed by atoms with Gasteiger partial charge in [0.25, 0.3) is 0 Å². The van der Waals surface area contributed by atoms with Crippen LogP contribution >= 0.6 is 11.3 Å².